The van der Waals surface area contributed by atoms with Crippen LogP contribution in [0.1, 0.15) is 5.56 Å². The molecular formula is C26H20FN3O4. The second kappa shape index (κ2) is 9.19. The SMILES string of the molecule is C=CC(=O)N1CCOc2c1ccc1ncnc(Oc3ccc(OCc4ccc(F)cc4)cc3)c21. The topological polar surface area (TPSA) is 73.8 Å². The Hall–Kier alpha value is -4.46. The summed E-state index contributed by atoms with van der Waals surface area (Å²) in [5.41, 5.74) is 2.12. The standard InChI is InChI=1S/C26H20FN3O4/c1-2-23(31)30-13-14-32-25-22(30)12-11-21-24(25)26(29-16-28-21)34-20-9-7-19(8-10-20)33-15-17-3-5-18(27)6-4-17/h2-12,16H,1,13-15H2. The summed E-state index contributed by atoms with van der Waals surface area (Å²) in [7, 11) is 0. The third-order valence-corrected chi connectivity index (χ3v) is 5.35. The van der Waals surface area contributed by atoms with Gasteiger partial charge in [-0.15, -0.1) is 0 Å². The second-order valence-electron chi connectivity index (χ2n) is 7.52. The van der Waals surface area contributed by atoms with Gasteiger partial charge in [0.05, 0.1) is 17.7 Å². The van der Waals surface area contributed by atoms with Crippen molar-refractivity contribution in [2.45, 2.75) is 6.61 Å². The highest BCUT2D eigenvalue weighted by molar-refractivity contribution is 6.06. The van der Waals surface area contributed by atoms with E-state index in [2.05, 4.69) is 16.5 Å². The van der Waals surface area contributed by atoms with Gasteiger partial charge in [0.2, 0.25) is 5.88 Å². The number of amides is 1. The van der Waals surface area contributed by atoms with Gasteiger partial charge in [0.25, 0.3) is 5.91 Å². The zero-order valence-corrected chi connectivity index (χ0v) is 18.1. The fourth-order valence-electron chi connectivity index (χ4n) is 3.68. The molecule has 0 saturated carbocycles. The third kappa shape index (κ3) is 4.25. The van der Waals surface area contributed by atoms with E-state index in [0.717, 1.165) is 5.56 Å². The molecule has 2 heterocycles. The number of carbonyl (C=O) groups excluding carboxylic acids is 1. The maximum absolute atomic E-state index is 13.0. The van der Waals surface area contributed by atoms with E-state index in [0.29, 0.717) is 59.5 Å². The number of hydrogen-bond donors (Lipinski definition) is 0. The highest BCUT2D eigenvalue weighted by Crippen LogP contribution is 2.42. The Morgan fingerprint density at radius 1 is 1.06 bits per heavy atom. The largest absolute Gasteiger partial charge is 0.489 e. The molecule has 0 bridgehead atoms. The van der Waals surface area contributed by atoms with E-state index in [4.69, 9.17) is 14.2 Å². The van der Waals surface area contributed by atoms with Crippen LogP contribution in [0.5, 0.6) is 23.1 Å². The van der Waals surface area contributed by atoms with Gasteiger partial charge < -0.3 is 19.1 Å². The normalized spacial score (nSPS) is 12.6. The molecule has 4 aromatic rings. The summed E-state index contributed by atoms with van der Waals surface area (Å²) in [6.07, 6.45) is 2.69. The lowest BCUT2D eigenvalue weighted by Gasteiger charge is -2.29. The number of rotatable bonds is 6. The number of nitrogens with zero attached hydrogens (tertiary/aromatic N) is 3. The maximum atomic E-state index is 13.0. The molecule has 7 nitrogen and oxygen atoms in total. The summed E-state index contributed by atoms with van der Waals surface area (Å²) < 4.78 is 30.8. The number of carbonyl (C=O) groups is 1. The first-order valence-electron chi connectivity index (χ1n) is 10.6. The van der Waals surface area contributed by atoms with E-state index >= 15 is 0 Å². The van der Waals surface area contributed by atoms with Crippen molar-refractivity contribution in [1.29, 1.82) is 0 Å². The predicted molar refractivity (Wildman–Crippen MR) is 125 cm³/mol. The number of fused-ring (bicyclic) bond motifs is 3. The van der Waals surface area contributed by atoms with Crippen molar-refractivity contribution < 1.29 is 23.4 Å². The predicted octanol–water partition coefficient (Wildman–Crippen LogP) is 5.05. The molecular weight excluding hydrogens is 437 g/mol. The van der Waals surface area contributed by atoms with Gasteiger partial charge in [-0.3, -0.25) is 4.79 Å². The fraction of sp³-hybridized carbons (Fsp3) is 0.115. The number of benzene rings is 3. The van der Waals surface area contributed by atoms with Crippen molar-refractivity contribution in [1.82, 2.24) is 9.97 Å². The molecule has 0 fully saturated rings. The number of aromatic nitrogens is 2. The van der Waals surface area contributed by atoms with Crippen LogP contribution >= 0.6 is 0 Å². The first kappa shape index (κ1) is 21.4. The van der Waals surface area contributed by atoms with Gasteiger partial charge in [-0.2, -0.15) is 0 Å². The van der Waals surface area contributed by atoms with Gasteiger partial charge in [0.15, 0.2) is 5.75 Å². The zero-order chi connectivity index (χ0) is 23.5. The van der Waals surface area contributed by atoms with E-state index in [9.17, 15) is 9.18 Å². The lowest BCUT2D eigenvalue weighted by Crippen LogP contribution is -2.36. The van der Waals surface area contributed by atoms with Gasteiger partial charge in [-0.25, -0.2) is 14.4 Å². The van der Waals surface area contributed by atoms with Gasteiger partial charge >= 0.3 is 0 Å². The van der Waals surface area contributed by atoms with Crippen molar-refractivity contribution in [2.75, 3.05) is 18.1 Å². The molecule has 1 aliphatic rings. The Labute approximate surface area is 195 Å². The van der Waals surface area contributed by atoms with Crippen LogP contribution in [0.15, 0.2) is 79.6 Å². The minimum Gasteiger partial charge on any atom is -0.489 e. The van der Waals surface area contributed by atoms with Gasteiger partial charge in [0.1, 0.15) is 42.2 Å². The lowest BCUT2D eigenvalue weighted by molar-refractivity contribution is -0.114. The first-order valence-corrected chi connectivity index (χ1v) is 10.6. The van der Waals surface area contributed by atoms with Crippen LogP contribution in [0, 0.1) is 5.82 Å². The van der Waals surface area contributed by atoms with E-state index in [-0.39, 0.29) is 11.7 Å². The molecule has 34 heavy (non-hydrogen) atoms. The lowest BCUT2D eigenvalue weighted by atomic mass is 10.1. The quantitative estimate of drug-likeness (QED) is 0.377. The molecule has 0 atom stereocenters. The third-order valence-electron chi connectivity index (χ3n) is 5.35. The van der Waals surface area contributed by atoms with Crippen molar-refractivity contribution in [2.24, 2.45) is 0 Å². The van der Waals surface area contributed by atoms with Crippen LogP contribution in [0.25, 0.3) is 10.9 Å². The molecule has 8 heteroatoms. The molecule has 0 spiro atoms. The molecule has 1 aliphatic heterocycles. The van der Waals surface area contributed by atoms with Crippen LogP contribution in [0.2, 0.25) is 0 Å². The minimum atomic E-state index is -0.283. The highest BCUT2D eigenvalue weighted by atomic mass is 19.1. The van der Waals surface area contributed by atoms with Gasteiger partial charge in [-0.1, -0.05) is 18.7 Å². The Morgan fingerprint density at radius 2 is 1.82 bits per heavy atom. The first-order chi connectivity index (χ1) is 16.6. The van der Waals surface area contributed by atoms with E-state index in [1.807, 2.05) is 0 Å². The number of halogens is 1. The smallest absolute Gasteiger partial charge is 0.250 e. The molecule has 0 saturated heterocycles. The van der Waals surface area contributed by atoms with Crippen LogP contribution in [0.3, 0.4) is 0 Å². The summed E-state index contributed by atoms with van der Waals surface area (Å²) in [5, 5.41) is 0.582. The Bertz CT molecular complexity index is 1360. The second-order valence-corrected chi connectivity index (χ2v) is 7.52. The van der Waals surface area contributed by atoms with Crippen LogP contribution in [0.4, 0.5) is 10.1 Å². The van der Waals surface area contributed by atoms with Crippen molar-refractivity contribution in [3.8, 4) is 23.1 Å². The number of ether oxygens (including phenoxy) is 3. The molecule has 0 N–H and O–H groups in total. The minimum absolute atomic E-state index is 0.209. The summed E-state index contributed by atoms with van der Waals surface area (Å²) in [6, 6.07) is 16.8. The fourth-order valence-corrected chi connectivity index (χ4v) is 3.68. The van der Waals surface area contributed by atoms with Crippen molar-refractivity contribution >= 4 is 22.5 Å². The van der Waals surface area contributed by atoms with Crippen LogP contribution < -0.4 is 19.1 Å². The van der Waals surface area contributed by atoms with E-state index in [1.54, 1.807) is 53.4 Å². The Balaban J connectivity index is 1.39. The van der Waals surface area contributed by atoms with Gasteiger partial charge in [-0.05, 0) is 60.2 Å². The molecule has 1 amide bonds. The molecule has 0 unspecified atom stereocenters. The molecule has 3 aromatic carbocycles. The molecule has 170 valence electrons. The average Bonchev–Trinajstić information content (AvgIpc) is 2.88. The van der Waals surface area contributed by atoms with E-state index in [1.165, 1.54) is 24.5 Å². The van der Waals surface area contributed by atoms with Crippen LogP contribution in [-0.4, -0.2) is 29.0 Å². The number of anilines is 1. The number of hydrogen-bond acceptors (Lipinski definition) is 6. The molecule has 0 aliphatic carbocycles. The van der Waals surface area contributed by atoms with Crippen molar-refractivity contribution in [3.05, 3.63) is 91.0 Å². The van der Waals surface area contributed by atoms with Crippen LogP contribution in [-0.2, 0) is 11.4 Å². The summed E-state index contributed by atoms with van der Waals surface area (Å²) in [4.78, 5) is 22.5. The molecule has 5 rings (SSSR count). The Kier molecular flexibility index (Phi) is 5.78. The summed E-state index contributed by atoms with van der Waals surface area (Å²) >= 11 is 0. The molecule has 1 aromatic heterocycles. The Morgan fingerprint density at radius 3 is 2.59 bits per heavy atom. The summed E-state index contributed by atoms with van der Waals surface area (Å²) in [6.45, 7) is 4.66. The van der Waals surface area contributed by atoms with E-state index < -0.39 is 0 Å². The zero-order valence-electron chi connectivity index (χ0n) is 18.1. The monoisotopic (exact) mass is 457 g/mol. The average molecular weight is 457 g/mol. The van der Waals surface area contributed by atoms with Crippen molar-refractivity contribution in [3.63, 3.8) is 0 Å². The molecule has 0 radical (unpaired) electrons. The summed E-state index contributed by atoms with van der Waals surface area (Å²) in [5.74, 6) is 1.50. The van der Waals surface area contributed by atoms with Gasteiger partial charge in [0, 0.05) is 0 Å². The maximum Gasteiger partial charge on any atom is 0.250 e. The highest BCUT2D eigenvalue weighted by Gasteiger charge is 2.26.